The van der Waals surface area contributed by atoms with Gasteiger partial charge in [-0.25, -0.2) is 4.79 Å². The lowest BCUT2D eigenvalue weighted by molar-refractivity contribution is -0.143. The van der Waals surface area contributed by atoms with E-state index in [0.717, 1.165) is 0 Å². The number of carboxylic acids is 1. The smallest absolute Gasteiger partial charge is 0.321 e. The van der Waals surface area contributed by atoms with Gasteiger partial charge in [0, 0.05) is 23.2 Å². The summed E-state index contributed by atoms with van der Waals surface area (Å²) in [5, 5.41) is 20.8. The third kappa shape index (κ3) is 3.77. The zero-order valence-electron chi connectivity index (χ0n) is 12.0. The van der Waals surface area contributed by atoms with Gasteiger partial charge in [0.15, 0.2) is 0 Å². The maximum atomic E-state index is 12.3. The van der Waals surface area contributed by atoms with Crippen LogP contribution in [0.15, 0.2) is 22.7 Å². The molecule has 0 radical (unpaired) electrons. The van der Waals surface area contributed by atoms with Crippen molar-refractivity contribution in [3.05, 3.63) is 28.2 Å². The van der Waals surface area contributed by atoms with E-state index in [0.29, 0.717) is 28.7 Å². The molecular formula is C15H16BrN3O3. The minimum atomic E-state index is -0.870. The van der Waals surface area contributed by atoms with Crippen molar-refractivity contribution >= 4 is 33.6 Å². The predicted molar refractivity (Wildman–Crippen MR) is 84.4 cm³/mol. The molecule has 2 atom stereocenters. The second-order valence-corrected chi connectivity index (χ2v) is 6.37. The van der Waals surface area contributed by atoms with Crippen LogP contribution in [0.2, 0.25) is 0 Å². The van der Waals surface area contributed by atoms with Gasteiger partial charge >= 0.3 is 12.0 Å². The lowest BCUT2D eigenvalue weighted by Crippen LogP contribution is -2.47. The first kappa shape index (κ1) is 16.3. The van der Waals surface area contributed by atoms with Crippen LogP contribution in [0.5, 0.6) is 0 Å². The molecule has 1 heterocycles. The number of nitriles is 1. The number of halogens is 1. The molecule has 2 rings (SSSR count). The van der Waals surface area contributed by atoms with Crippen molar-refractivity contribution in [2.45, 2.75) is 13.3 Å². The predicted octanol–water partition coefficient (Wildman–Crippen LogP) is 2.90. The van der Waals surface area contributed by atoms with Crippen LogP contribution < -0.4 is 5.32 Å². The van der Waals surface area contributed by atoms with Gasteiger partial charge in [0.1, 0.15) is 6.07 Å². The Kier molecular flexibility index (Phi) is 5.03. The molecule has 0 saturated carbocycles. The van der Waals surface area contributed by atoms with Crippen LogP contribution in [0.1, 0.15) is 18.9 Å². The zero-order chi connectivity index (χ0) is 16.3. The van der Waals surface area contributed by atoms with Gasteiger partial charge in [0.2, 0.25) is 0 Å². The van der Waals surface area contributed by atoms with Crippen molar-refractivity contribution in [2.24, 2.45) is 11.8 Å². The molecule has 1 aromatic carbocycles. The maximum Gasteiger partial charge on any atom is 0.321 e. The lowest BCUT2D eigenvalue weighted by atomic mass is 9.91. The molecule has 6 nitrogen and oxygen atoms in total. The molecule has 0 spiro atoms. The molecule has 1 aromatic rings. The van der Waals surface area contributed by atoms with E-state index in [9.17, 15) is 9.59 Å². The lowest BCUT2D eigenvalue weighted by Gasteiger charge is -2.34. The standard InChI is InChI=1S/C15H16BrN3O3/c1-9-4-11(14(20)21)8-19(7-9)15(22)18-12-3-2-10(6-17)13(16)5-12/h2-3,5,9,11H,4,7-8H2,1H3,(H,18,22)(H,20,21). The Hall–Kier alpha value is -2.07. The normalized spacial score (nSPS) is 21.0. The fourth-order valence-electron chi connectivity index (χ4n) is 2.58. The summed E-state index contributed by atoms with van der Waals surface area (Å²) in [6.07, 6.45) is 0.585. The molecule has 0 bridgehead atoms. The van der Waals surface area contributed by atoms with Gasteiger partial charge in [0.25, 0.3) is 0 Å². The summed E-state index contributed by atoms with van der Waals surface area (Å²) < 4.78 is 0.600. The Morgan fingerprint density at radius 1 is 1.45 bits per heavy atom. The minimum absolute atomic E-state index is 0.147. The molecule has 22 heavy (non-hydrogen) atoms. The number of carboxylic acid groups (broad SMARTS) is 1. The average molecular weight is 366 g/mol. The van der Waals surface area contributed by atoms with E-state index in [1.165, 1.54) is 4.90 Å². The highest BCUT2D eigenvalue weighted by atomic mass is 79.9. The summed E-state index contributed by atoms with van der Waals surface area (Å²) >= 11 is 3.27. The van der Waals surface area contributed by atoms with Crippen LogP contribution >= 0.6 is 15.9 Å². The molecule has 1 aliphatic rings. The summed E-state index contributed by atoms with van der Waals surface area (Å²) in [7, 11) is 0. The summed E-state index contributed by atoms with van der Waals surface area (Å²) in [5.41, 5.74) is 1.04. The van der Waals surface area contributed by atoms with E-state index in [1.807, 2.05) is 13.0 Å². The van der Waals surface area contributed by atoms with Crippen LogP contribution in [0, 0.1) is 23.2 Å². The molecular weight excluding hydrogens is 350 g/mol. The summed E-state index contributed by atoms with van der Waals surface area (Å²) in [4.78, 5) is 25.0. The zero-order valence-corrected chi connectivity index (χ0v) is 13.6. The van der Waals surface area contributed by atoms with Crippen molar-refractivity contribution in [1.82, 2.24) is 4.90 Å². The Labute approximate surface area is 136 Å². The van der Waals surface area contributed by atoms with Gasteiger partial charge in [-0.15, -0.1) is 0 Å². The monoisotopic (exact) mass is 365 g/mol. The summed E-state index contributed by atoms with van der Waals surface area (Å²) in [5.74, 6) is -1.25. The summed E-state index contributed by atoms with van der Waals surface area (Å²) in [6.45, 7) is 2.68. The SMILES string of the molecule is CC1CC(C(=O)O)CN(C(=O)Nc2ccc(C#N)c(Br)c2)C1. The first-order valence-electron chi connectivity index (χ1n) is 6.89. The van der Waals surface area contributed by atoms with Crippen LogP contribution in [0.25, 0.3) is 0 Å². The van der Waals surface area contributed by atoms with E-state index in [2.05, 4.69) is 21.2 Å². The number of piperidine rings is 1. The highest BCUT2D eigenvalue weighted by molar-refractivity contribution is 9.10. The molecule has 1 aliphatic heterocycles. The van der Waals surface area contributed by atoms with Crippen molar-refractivity contribution in [3.8, 4) is 6.07 Å². The number of hydrogen-bond donors (Lipinski definition) is 2. The Morgan fingerprint density at radius 3 is 2.77 bits per heavy atom. The van der Waals surface area contributed by atoms with E-state index in [4.69, 9.17) is 10.4 Å². The fourth-order valence-corrected chi connectivity index (χ4v) is 3.05. The number of aliphatic carboxylic acids is 1. The number of carbonyl (C=O) groups excluding carboxylic acids is 1. The maximum absolute atomic E-state index is 12.3. The molecule has 0 aliphatic carbocycles. The molecule has 2 amide bonds. The van der Waals surface area contributed by atoms with Crippen molar-refractivity contribution in [1.29, 1.82) is 5.26 Å². The van der Waals surface area contributed by atoms with Crippen LogP contribution in [-0.2, 0) is 4.79 Å². The number of urea groups is 1. The number of amides is 2. The number of likely N-dealkylation sites (tertiary alicyclic amines) is 1. The number of hydrogen-bond acceptors (Lipinski definition) is 3. The fraction of sp³-hybridized carbons (Fsp3) is 0.400. The van der Waals surface area contributed by atoms with E-state index in [-0.39, 0.29) is 18.5 Å². The molecule has 1 fully saturated rings. The minimum Gasteiger partial charge on any atom is -0.481 e. The van der Waals surface area contributed by atoms with Crippen LogP contribution in [0.4, 0.5) is 10.5 Å². The van der Waals surface area contributed by atoms with Gasteiger partial charge in [-0.2, -0.15) is 5.26 Å². The van der Waals surface area contributed by atoms with Crippen molar-refractivity contribution < 1.29 is 14.7 Å². The Bertz CT molecular complexity index is 641. The molecule has 2 unspecified atom stereocenters. The number of carbonyl (C=O) groups is 2. The van der Waals surface area contributed by atoms with Gasteiger partial charge in [-0.3, -0.25) is 4.79 Å². The first-order valence-corrected chi connectivity index (χ1v) is 7.68. The number of rotatable bonds is 2. The van der Waals surface area contributed by atoms with E-state index >= 15 is 0 Å². The van der Waals surface area contributed by atoms with Gasteiger partial charge in [-0.05, 0) is 46.5 Å². The number of anilines is 1. The third-order valence-electron chi connectivity index (χ3n) is 3.64. The van der Waals surface area contributed by atoms with Gasteiger partial charge in [0.05, 0.1) is 11.5 Å². The topological polar surface area (TPSA) is 93.4 Å². The number of nitrogens with zero attached hydrogens (tertiary/aromatic N) is 2. The van der Waals surface area contributed by atoms with E-state index < -0.39 is 11.9 Å². The average Bonchev–Trinajstić information content (AvgIpc) is 2.46. The molecule has 116 valence electrons. The third-order valence-corrected chi connectivity index (χ3v) is 4.29. The van der Waals surface area contributed by atoms with Crippen molar-refractivity contribution in [2.75, 3.05) is 18.4 Å². The first-order chi connectivity index (χ1) is 10.4. The van der Waals surface area contributed by atoms with Crippen molar-refractivity contribution in [3.63, 3.8) is 0 Å². The summed E-state index contributed by atoms with van der Waals surface area (Å²) in [6, 6.07) is 6.61. The van der Waals surface area contributed by atoms with Crippen LogP contribution in [-0.4, -0.2) is 35.1 Å². The molecule has 7 heteroatoms. The second-order valence-electron chi connectivity index (χ2n) is 5.52. The van der Waals surface area contributed by atoms with E-state index in [1.54, 1.807) is 18.2 Å². The largest absolute Gasteiger partial charge is 0.481 e. The molecule has 0 aromatic heterocycles. The molecule has 2 N–H and O–H groups in total. The second kappa shape index (κ2) is 6.79. The molecule has 1 saturated heterocycles. The van der Waals surface area contributed by atoms with Crippen LogP contribution in [0.3, 0.4) is 0 Å². The van der Waals surface area contributed by atoms with Gasteiger partial charge < -0.3 is 15.3 Å². The highest BCUT2D eigenvalue weighted by Gasteiger charge is 2.31. The quantitative estimate of drug-likeness (QED) is 0.842. The highest BCUT2D eigenvalue weighted by Crippen LogP contribution is 2.24. The Morgan fingerprint density at radius 2 is 2.18 bits per heavy atom. The number of nitrogens with one attached hydrogen (secondary N) is 1. The Balaban J connectivity index is 2.07. The number of benzene rings is 1. The van der Waals surface area contributed by atoms with Gasteiger partial charge in [-0.1, -0.05) is 6.92 Å².